The zero-order chi connectivity index (χ0) is 32.8. The average molecular weight is 663 g/mol. The number of hydrogen-bond donors (Lipinski definition) is 2. The molecule has 1 aliphatic heterocycles. The maximum Gasteiger partial charge on any atom is 0.334 e. The summed E-state index contributed by atoms with van der Waals surface area (Å²) in [7, 11) is 11.9. The maximum absolute atomic E-state index is 5.66. The van der Waals surface area contributed by atoms with E-state index in [1.807, 2.05) is 0 Å². The van der Waals surface area contributed by atoms with Crippen molar-refractivity contribution in [1.82, 2.24) is 30.2 Å². The van der Waals surface area contributed by atoms with Gasteiger partial charge in [0.25, 0.3) is 0 Å². The lowest BCUT2D eigenvalue weighted by atomic mass is 10.1. The van der Waals surface area contributed by atoms with Gasteiger partial charge in [-0.3, -0.25) is 0 Å². The summed E-state index contributed by atoms with van der Waals surface area (Å²) in [6.07, 6.45) is 9.66. The van der Waals surface area contributed by atoms with E-state index < -0.39 is 17.1 Å². The third-order valence-electron chi connectivity index (χ3n) is 9.58. The Labute approximate surface area is 275 Å². The number of piperazine rings is 1. The van der Waals surface area contributed by atoms with Gasteiger partial charge in [0.2, 0.25) is 0 Å². The van der Waals surface area contributed by atoms with E-state index in [1.54, 1.807) is 28.4 Å². The predicted molar refractivity (Wildman–Crippen MR) is 191 cm³/mol. The minimum Gasteiger partial charge on any atom is -0.398 e. The van der Waals surface area contributed by atoms with Crippen LogP contribution in [0.5, 0.6) is 0 Å². The highest BCUT2D eigenvalue weighted by Gasteiger charge is 2.28. The van der Waals surface area contributed by atoms with Crippen molar-refractivity contribution < 1.29 is 17.7 Å². The first-order valence-corrected chi connectivity index (χ1v) is 22.4. The van der Waals surface area contributed by atoms with E-state index in [0.717, 1.165) is 51.1 Å². The second-order valence-corrected chi connectivity index (χ2v) is 20.9. The molecule has 2 atom stereocenters. The highest BCUT2D eigenvalue weighted by Crippen LogP contribution is 2.15. The van der Waals surface area contributed by atoms with E-state index in [-0.39, 0.29) is 0 Å². The van der Waals surface area contributed by atoms with Crippen molar-refractivity contribution in [2.24, 2.45) is 0 Å². The van der Waals surface area contributed by atoms with Crippen LogP contribution < -0.4 is 10.6 Å². The molecular formula is C32H74N6O4Si2. The van der Waals surface area contributed by atoms with Crippen molar-refractivity contribution in [3.8, 4) is 0 Å². The van der Waals surface area contributed by atoms with Crippen LogP contribution in [-0.4, -0.2) is 171 Å². The van der Waals surface area contributed by atoms with Gasteiger partial charge in [-0.05, 0) is 144 Å². The molecule has 0 amide bonds. The van der Waals surface area contributed by atoms with Crippen LogP contribution in [0.25, 0.3) is 0 Å². The molecule has 0 radical (unpaired) electrons. The molecule has 44 heavy (non-hydrogen) atoms. The lowest BCUT2D eigenvalue weighted by molar-refractivity contribution is 0.127. The largest absolute Gasteiger partial charge is 0.398 e. The second-order valence-electron chi connectivity index (χ2n) is 13.7. The van der Waals surface area contributed by atoms with Crippen LogP contribution >= 0.6 is 0 Å². The topological polar surface area (TPSA) is 73.9 Å². The number of nitrogens with one attached hydrogen (secondary N) is 2. The van der Waals surface area contributed by atoms with Gasteiger partial charge in [0, 0.05) is 66.7 Å². The SMILES string of the molecule is CO[Si](C)(CCCNC(CCCN1CCN(CCCC(CCN(C)C)NCCC[Si](C)(OC)OC)CC1)CCN(C)C)OC. The fourth-order valence-corrected chi connectivity index (χ4v) is 8.68. The summed E-state index contributed by atoms with van der Waals surface area (Å²) >= 11 is 0. The summed E-state index contributed by atoms with van der Waals surface area (Å²) in [4.78, 5) is 9.98. The van der Waals surface area contributed by atoms with E-state index >= 15 is 0 Å². The Morgan fingerprint density at radius 1 is 0.568 bits per heavy atom. The molecule has 1 heterocycles. The van der Waals surface area contributed by atoms with Gasteiger partial charge in [-0.2, -0.15) is 0 Å². The second kappa shape index (κ2) is 24.2. The Balaban J connectivity index is 2.34. The van der Waals surface area contributed by atoms with E-state index in [9.17, 15) is 0 Å². The fourth-order valence-electron chi connectivity index (χ4n) is 5.89. The Morgan fingerprint density at radius 2 is 0.909 bits per heavy atom. The zero-order valence-corrected chi connectivity index (χ0v) is 32.7. The fraction of sp³-hybridized carbons (Fsp3) is 1.00. The van der Waals surface area contributed by atoms with E-state index in [2.05, 4.69) is 71.5 Å². The Kier molecular flexibility index (Phi) is 23.1. The molecule has 264 valence electrons. The van der Waals surface area contributed by atoms with Crippen molar-refractivity contribution in [2.75, 3.05) is 122 Å². The third-order valence-corrected chi connectivity index (χ3v) is 15.6. The summed E-state index contributed by atoms with van der Waals surface area (Å²) in [5, 5.41) is 7.71. The van der Waals surface area contributed by atoms with Crippen LogP contribution in [0.3, 0.4) is 0 Å². The van der Waals surface area contributed by atoms with Gasteiger partial charge < -0.3 is 47.9 Å². The van der Waals surface area contributed by atoms with Gasteiger partial charge in [-0.25, -0.2) is 0 Å². The first-order chi connectivity index (χ1) is 21.0. The van der Waals surface area contributed by atoms with Crippen LogP contribution in [0.1, 0.15) is 51.4 Å². The Morgan fingerprint density at radius 3 is 1.20 bits per heavy atom. The minimum atomic E-state index is -1.97. The smallest absolute Gasteiger partial charge is 0.334 e. The summed E-state index contributed by atoms with van der Waals surface area (Å²) in [6, 6.07) is 3.24. The Bertz CT molecular complexity index is 625. The molecule has 0 aromatic heterocycles. The lowest BCUT2D eigenvalue weighted by Gasteiger charge is -2.35. The van der Waals surface area contributed by atoms with Crippen molar-refractivity contribution in [2.45, 2.75) is 88.6 Å². The van der Waals surface area contributed by atoms with Crippen LogP contribution in [0.2, 0.25) is 25.2 Å². The first-order valence-electron chi connectivity index (χ1n) is 17.4. The van der Waals surface area contributed by atoms with Crippen molar-refractivity contribution >= 4 is 17.1 Å². The maximum atomic E-state index is 5.66. The summed E-state index contributed by atoms with van der Waals surface area (Å²) in [6.45, 7) is 15.9. The number of rotatable bonds is 28. The molecule has 0 aliphatic carbocycles. The molecule has 2 unspecified atom stereocenters. The van der Waals surface area contributed by atoms with Gasteiger partial charge >= 0.3 is 17.1 Å². The van der Waals surface area contributed by atoms with E-state index in [4.69, 9.17) is 17.7 Å². The summed E-state index contributed by atoms with van der Waals surface area (Å²) in [5.74, 6) is 0. The molecule has 0 spiro atoms. The molecule has 0 aromatic carbocycles. The normalized spacial score (nSPS) is 17.2. The van der Waals surface area contributed by atoms with Gasteiger partial charge in [0.15, 0.2) is 0 Å². The van der Waals surface area contributed by atoms with Gasteiger partial charge in [0.1, 0.15) is 0 Å². The quantitative estimate of drug-likeness (QED) is 0.0961. The standard InChI is InChI=1S/C32H74N6O4Si2/c1-35(2)23-17-31(33-19-13-29-43(9,39-5)40-6)15-11-21-37-25-27-38(28-26-37)22-12-16-32(18-24-36(3)4)34-20-14-30-44(10,41-7)42-8/h31-34H,11-30H2,1-10H3. The Hall–Kier alpha value is 0.0338. The number of hydrogen-bond acceptors (Lipinski definition) is 10. The van der Waals surface area contributed by atoms with Crippen LogP contribution in [0, 0.1) is 0 Å². The third kappa shape index (κ3) is 19.6. The van der Waals surface area contributed by atoms with Crippen LogP contribution in [-0.2, 0) is 17.7 Å². The van der Waals surface area contributed by atoms with Crippen LogP contribution in [0.15, 0.2) is 0 Å². The molecule has 12 heteroatoms. The molecule has 2 N–H and O–H groups in total. The van der Waals surface area contributed by atoms with Gasteiger partial charge in [0.05, 0.1) is 0 Å². The van der Waals surface area contributed by atoms with Crippen molar-refractivity contribution in [1.29, 1.82) is 0 Å². The molecular weight excluding hydrogens is 589 g/mol. The highest BCUT2D eigenvalue weighted by molar-refractivity contribution is 6.66. The van der Waals surface area contributed by atoms with Crippen molar-refractivity contribution in [3.63, 3.8) is 0 Å². The number of nitrogens with zero attached hydrogens (tertiary/aromatic N) is 4. The molecule has 1 fully saturated rings. The lowest BCUT2D eigenvalue weighted by Crippen LogP contribution is -2.47. The molecule has 0 bridgehead atoms. The summed E-state index contributed by atoms with van der Waals surface area (Å²) < 4.78 is 22.6. The summed E-state index contributed by atoms with van der Waals surface area (Å²) in [5.41, 5.74) is 0. The molecule has 1 rings (SSSR count). The van der Waals surface area contributed by atoms with Crippen LogP contribution in [0.4, 0.5) is 0 Å². The molecule has 10 nitrogen and oxygen atoms in total. The molecule has 0 saturated carbocycles. The predicted octanol–water partition coefficient (Wildman–Crippen LogP) is 3.49. The molecule has 1 saturated heterocycles. The van der Waals surface area contributed by atoms with Gasteiger partial charge in [-0.15, -0.1) is 0 Å². The van der Waals surface area contributed by atoms with Crippen molar-refractivity contribution in [3.05, 3.63) is 0 Å². The van der Waals surface area contributed by atoms with E-state index in [0.29, 0.717) is 12.1 Å². The van der Waals surface area contributed by atoms with Gasteiger partial charge in [-0.1, -0.05) is 0 Å². The zero-order valence-electron chi connectivity index (χ0n) is 30.7. The molecule has 1 aliphatic rings. The monoisotopic (exact) mass is 663 g/mol. The highest BCUT2D eigenvalue weighted by atomic mass is 28.4. The van der Waals surface area contributed by atoms with E-state index in [1.165, 1.54) is 77.8 Å². The first kappa shape index (κ1) is 42.1. The average Bonchev–Trinajstić information content (AvgIpc) is 3.02. The minimum absolute atomic E-state index is 0.581. The molecule has 0 aromatic rings.